The highest BCUT2D eigenvalue weighted by molar-refractivity contribution is 5.80. The Labute approximate surface area is 128 Å². The summed E-state index contributed by atoms with van der Waals surface area (Å²) in [5, 5.41) is 10.9. The van der Waals surface area contributed by atoms with E-state index in [0.29, 0.717) is 5.75 Å². The van der Waals surface area contributed by atoms with Gasteiger partial charge in [-0.1, -0.05) is 12.1 Å². The van der Waals surface area contributed by atoms with Crippen molar-refractivity contribution in [3.8, 4) is 11.4 Å². The zero-order valence-corrected chi connectivity index (χ0v) is 12.0. The number of nitrogens with one attached hydrogen (secondary N) is 1. The summed E-state index contributed by atoms with van der Waals surface area (Å²) in [7, 11) is 1.42. The fourth-order valence-corrected chi connectivity index (χ4v) is 2.35. The first-order valence-electron chi connectivity index (χ1n) is 6.60. The van der Waals surface area contributed by atoms with E-state index < -0.39 is 16.2 Å². The van der Waals surface area contributed by atoms with Crippen LogP contribution in [-0.2, 0) is 0 Å². The fraction of sp³-hybridized carbons (Fsp3) is 0.0667. The van der Waals surface area contributed by atoms with E-state index in [4.69, 9.17) is 4.74 Å². The van der Waals surface area contributed by atoms with E-state index in [1.54, 1.807) is 24.3 Å². The van der Waals surface area contributed by atoms with Crippen LogP contribution in [0.1, 0.15) is 0 Å². The highest BCUT2D eigenvalue weighted by Crippen LogP contribution is 2.21. The molecule has 0 bridgehead atoms. The molecule has 0 saturated heterocycles. The molecule has 3 rings (SSSR count). The van der Waals surface area contributed by atoms with E-state index in [9.17, 15) is 19.7 Å². The van der Waals surface area contributed by atoms with Crippen molar-refractivity contribution in [1.82, 2.24) is 9.55 Å². The lowest BCUT2D eigenvalue weighted by molar-refractivity contribution is -0.384. The van der Waals surface area contributed by atoms with Gasteiger partial charge in [-0.2, -0.15) is 0 Å². The maximum atomic E-state index is 12.7. The molecule has 0 unspecified atom stereocenters. The van der Waals surface area contributed by atoms with Gasteiger partial charge in [-0.05, 0) is 18.2 Å². The second-order valence-corrected chi connectivity index (χ2v) is 4.73. The minimum Gasteiger partial charge on any atom is -0.495 e. The van der Waals surface area contributed by atoms with Crippen LogP contribution in [0.2, 0.25) is 0 Å². The van der Waals surface area contributed by atoms with Crippen molar-refractivity contribution in [1.29, 1.82) is 0 Å². The van der Waals surface area contributed by atoms with Gasteiger partial charge in [-0.25, -0.2) is 9.36 Å². The third-order valence-electron chi connectivity index (χ3n) is 3.42. The van der Waals surface area contributed by atoms with Crippen molar-refractivity contribution in [2.24, 2.45) is 0 Å². The maximum absolute atomic E-state index is 12.7. The predicted octanol–water partition coefficient (Wildman–Crippen LogP) is 1.60. The molecule has 0 atom stereocenters. The molecule has 8 nitrogen and oxygen atoms in total. The first kappa shape index (κ1) is 14.5. The topological polar surface area (TPSA) is 107 Å². The summed E-state index contributed by atoms with van der Waals surface area (Å²) in [6.45, 7) is 0. The lowest BCUT2D eigenvalue weighted by Crippen LogP contribution is -2.33. The zero-order valence-electron chi connectivity index (χ0n) is 12.0. The van der Waals surface area contributed by atoms with E-state index in [0.717, 1.165) is 10.6 Å². The third kappa shape index (κ3) is 2.35. The number of nitro benzene ring substituents is 1. The molecular weight excluding hydrogens is 302 g/mol. The molecule has 116 valence electrons. The quantitative estimate of drug-likeness (QED) is 0.583. The Morgan fingerprint density at radius 3 is 2.61 bits per heavy atom. The summed E-state index contributed by atoms with van der Waals surface area (Å²) in [6.07, 6.45) is 0. The van der Waals surface area contributed by atoms with Gasteiger partial charge >= 0.3 is 5.69 Å². The van der Waals surface area contributed by atoms with Crippen molar-refractivity contribution >= 4 is 16.6 Å². The number of benzene rings is 2. The molecule has 1 heterocycles. The number of nitro groups is 1. The zero-order chi connectivity index (χ0) is 16.6. The molecule has 0 radical (unpaired) electrons. The molecule has 0 saturated carbocycles. The van der Waals surface area contributed by atoms with Crippen LogP contribution in [-0.4, -0.2) is 21.6 Å². The summed E-state index contributed by atoms with van der Waals surface area (Å²) < 4.78 is 6.06. The van der Waals surface area contributed by atoms with Crippen molar-refractivity contribution in [2.45, 2.75) is 0 Å². The third-order valence-corrected chi connectivity index (χ3v) is 3.42. The van der Waals surface area contributed by atoms with Gasteiger partial charge in [-0.3, -0.25) is 14.9 Å². The molecule has 3 aromatic rings. The van der Waals surface area contributed by atoms with Crippen LogP contribution in [0.25, 0.3) is 16.6 Å². The van der Waals surface area contributed by atoms with Gasteiger partial charge in [-0.15, -0.1) is 0 Å². The Balaban J connectivity index is 2.40. The second-order valence-electron chi connectivity index (χ2n) is 4.73. The van der Waals surface area contributed by atoms with E-state index >= 15 is 0 Å². The lowest BCUT2D eigenvalue weighted by Gasteiger charge is -2.10. The molecule has 1 N–H and O–H groups in total. The Kier molecular flexibility index (Phi) is 3.41. The largest absolute Gasteiger partial charge is 0.495 e. The van der Waals surface area contributed by atoms with Crippen LogP contribution in [0.5, 0.6) is 5.75 Å². The summed E-state index contributed by atoms with van der Waals surface area (Å²) in [4.78, 5) is 37.7. The SMILES string of the molecule is COc1ccccc1-n1c(=O)[nH]c2ccc([N+](=O)[O-])cc2c1=O. The average Bonchev–Trinajstić information content (AvgIpc) is 2.55. The first-order valence-corrected chi connectivity index (χ1v) is 6.60. The normalized spacial score (nSPS) is 10.7. The number of hydrogen-bond acceptors (Lipinski definition) is 5. The highest BCUT2D eigenvalue weighted by atomic mass is 16.6. The monoisotopic (exact) mass is 313 g/mol. The Morgan fingerprint density at radius 2 is 1.91 bits per heavy atom. The van der Waals surface area contributed by atoms with Crippen LogP contribution >= 0.6 is 0 Å². The molecule has 0 aliphatic heterocycles. The van der Waals surface area contributed by atoms with Gasteiger partial charge in [0.2, 0.25) is 0 Å². The number of aromatic nitrogens is 2. The van der Waals surface area contributed by atoms with Crippen molar-refractivity contribution in [2.75, 3.05) is 7.11 Å². The van der Waals surface area contributed by atoms with E-state index in [1.165, 1.54) is 19.2 Å². The number of nitrogens with zero attached hydrogens (tertiary/aromatic N) is 2. The molecule has 0 aliphatic carbocycles. The average molecular weight is 313 g/mol. The lowest BCUT2D eigenvalue weighted by atomic mass is 10.2. The van der Waals surface area contributed by atoms with Crippen molar-refractivity contribution in [3.63, 3.8) is 0 Å². The first-order chi connectivity index (χ1) is 11.0. The summed E-state index contributed by atoms with van der Waals surface area (Å²) in [6, 6.07) is 10.2. The number of non-ortho nitro benzene ring substituents is 1. The molecule has 0 aliphatic rings. The molecule has 8 heteroatoms. The molecule has 0 spiro atoms. The number of fused-ring (bicyclic) bond motifs is 1. The molecule has 1 aromatic heterocycles. The summed E-state index contributed by atoms with van der Waals surface area (Å²) in [5.74, 6) is 0.338. The van der Waals surface area contributed by atoms with E-state index in [1.807, 2.05) is 0 Å². The Hall–Kier alpha value is -3.42. The minimum absolute atomic E-state index is 0.0460. The predicted molar refractivity (Wildman–Crippen MR) is 83.4 cm³/mol. The Bertz CT molecular complexity index is 1040. The highest BCUT2D eigenvalue weighted by Gasteiger charge is 2.15. The van der Waals surface area contributed by atoms with Crippen LogP contribution in [0.3, 0.4) is 0 Å². The second kappa shape index (κ2) is 5.41. The molecule has 23 heavy (non-hydrogen) atoms. The number of methoxy groups -OCH3 is 1. The van der Waals surface area contributed by atoms with Crippen LogP contribution in [0.15, 0.2) is 52.1 Å². The molecule has 2 aromatic carbocycles. The maximum Gasteiger partial charge on any atom is 0.333 e. The number of hydrogen-bond donors (Lipinski definition) is 1. The van der Waals surface area contributed by atoms with Crippen LogP contribution < -0.4 is 16.0 Å². The summed E-state index contributed by atoms with van der Waals surface area (Å²) >= 11 is 0. The minimum atomic E-state index is -0.656. The van der Waals surface area contributed by atoms with E-state index in [-0.39, 0.29) is 22.3 Å². The van der Waals surface area contributed by atoms with Crippen LogP contribution in [0, 0.1) is 10.1 Å². The van der Waals surface area contributed by atoms with Crippen molar-refractivity contribution < 1.29 is 9.66 Å². The number of rotatable bonds is 3. The van der Waals surface area contributed by atoms with Gasteiger partial charge in [0.05, 0.1) is 28.6 Å². The molecular formula is C15H11N3O5. The van der Waals surface area contributed by atoms with Gasteiger partial charge in [0.1, 0.15) is 5.75 Å². The van der Waals surface area contributed by atoms with Crippen LogP contribution in [0.4, 0.5) is 5.69 Å². The van der Waals surface area contributed by atoms with Gasteiger partial charge in [0, 0.05) is 12.1 Å². The van der Waals surface area contributed by atoms with Gasteiger partial charge < -0.3 is 9.72 Å². The summed E-state index contributed by atoms with van der Waals surface area (Å²) in [5.41, 5.74) is -1.04. The molecule has 0 fully saturated rings. The molecule has 0 amide bonds. The number of para-hydroxylation sites is 2. The van der Waals surface area contributed by atoms with Gasteiger partial charge in [0.15, 0.2) is 0 Å². The Morgan fingerprint density at radius 1 is 1.17 bits per heavy atom. The van der Waals surface area contributed by atoms with E-state index in [2.05, 4.69) is 4.98 Å². The van der Waals surface area contributed by atoms with Crippen molar-refractivity contribution in [3.05, 3.63) is 73.4 Å². The smallest absolute Gasteiger partial charge is 0.333 e. The fourth-order valence-electron chi connectivity index (χ4n) is 2.35. The number of aromatic amines is 1. The van der Waals surface area contributed by atoms with Gasteiger partial charge in [0.25, 0.3) is 11.2 Å². The number of ether oxygens (including phenoxy) is 1. The standard InChI is InChI=1S/C15H11N3O5/c1-23-13-5-3-2-4-12(13)17-14(19)10-8-9(18(21)22)6-7-11(10)16-15(17)20/h2-8H,1H3,(H,16,20). The number of H-pyrrole nitrogens is 1.